The van der Waals surface area contributed by atoms with Crippen molar-refractivity contribution in [1.82, 2.24) is 19.9 Å². The van der Waals surface area contributed by atoms with Gasteiger partial charge in [-0.05, 0) is 17.0 Å². The normalized spacial score (nSPS) is 15.5. The van der Waals surface area contributed by atoms with Crippen LogP contribution in [0.15, 0.2) is 61.0 Å². The zero-order valence-electron chi connectivity index (χ0n) is 19.6. The van der Waals surface area contributed by atoms with Crippen molar-refractivity contribution in [2.75, 3.05) is 45.3 Å². The molecule has 1 saturated heterocycles. The molecule has 1 amide bonds. The number of nitrogens with zero attached hydrogens (tertiary/aromatic N) is 4. The van der Waals surface area contributed by atoms with E-state index in [9.17, 15) is 4.79 Å². The smallest absolute Gasteiger partial charge is 0.326 e. The second-order valence-corrected chi connectivity index (χ2v) is 8.37. The third kappa shape index (κ3) is 9.42. The molecule has 9 nitrogen and oxygen atoms in total. The van der Waals surface area contributed by atoms with E-state index in [0.29, 0.717) is 31.9 Å². The van der Waals surface area contributed by atoms with Crippen LogP contribution in [0.2, 0.25) is 0 Å². The highest BCUT2D eigenvalue weighted by Crippen LogP contribution is 2.17. The molecule has 0 aliphatic carbocycles. The summed E-state index contributed by atoms with van der Waals surface area (Å²) in [6, 6.07) is 10.2. The van der Waals surface area contributed by atoms with E-state index in [1.165, 1.54) is 0 Å². The van der Waals surface area contributed by atoms with E-state index in [2.05, 4.69) is 28.1 Å². The van der Waals surface area contributed by atoms with Crippen LogP contribution >= 0.6 is 11.8 Å². The number of ether oxygens (including phenoxy) is 4. The first-order chi connectivity index (χ1) is 17.2. The lowest BCUT2D eigenvalue weighted by atomic mass is 10.2. The molecule has 0 saturated carbocycles. The standard InChI is InChI=1S/C25H30N4O5S/c1-3-13-32-23-26-24(33-14-4-2)28-25(27-23)34-19-21-18-29(12-15-31-21)22(30)11-17-35-16-10-20-8-6-5-7-9-20/h3-10,16,21H,1-2,11-15,17-19H2/b16-10-. The zero-order chi connectivity index (χ0) is 24.7. The van der Waals surface area contributed by atoms with Crippen LogP contribution in [0.1, 0.15) is 12.0 Å². The molecule has 3 rings (SSSR count). The predicted octanol–water partition coefficient (Wildman–Crippen LogP) is 3.40. The van der Waals surface area contributed by atoms with Crippen molar-refractivity contribution in [1.29, 1.82) is 0 Å². The minimum Gasteiger partial charge on any atom is -0.460 e. The number of thioether (sulfide) groups is 1. The van der Waals surface area contributed by atoms with Gasteiger partial charge in [0.2, 0.25) is 5.91 Å². The van der Waals surface area contributed by atoms with Crippen LogP contribution in [0.3, 0.4) is 0 Å². The molecule has 1 fully saturated rings. The largest absolute Gasteiger partial charge is 0.460 e. The number of hydrogen-bond acceptors (Lipinski definition) is 9. The summed E-state index contributed by atoms with van der Waals surface area (Å²) in [6.45, 7) is 9.28. The molecule has 1 aliphatic rings. The molecule has 186 valence electrons. The highest BCUT2D eigenvalue weighted by molar-refractivity contribution is 8.02. The molecule has 1 unspecified atom stereocenters. The summed E-state index contributed by atoms with van der Waals surface area (Å²) in [7, 11) is 0. The van der Waals surface area contributed by atoms with Gasteiger partial charge in [0.05, 0.1) is 13.2 Å². The summed E-state index contributed by atoms with van der Waals surface area (Å²) >= 11 is 1.62. The molecular formula is C25H30N4O5S. The van der Waals surface area contributed by atoms with E-state index in [4.69, 9.17) is 18.9 Å². The van der Waals surface area contributed by atoms with Crippen molar-refractivity contribution in [3.05, 3.63) is 66.6 Å². The fourth-order valence-corrected chi connectivity index (χ4v) is 3.74. The summed E-state index contributed by atoms with van der Waals surface area (Å²) in [5.41, 5.74) is 1.14. The van der Waals surface area contributed by atoms with Crippen molar-refractivity contribution in [2.45, 2.75) is 12.5 Å². The van der Waals surface area contributed by atoms with Crippen LogP contribution in [-0.2, 0) is 9.53 Å². The van der Waals surface area contributed by atoms with Gasteiger partial charge in [-0.2, -0.15) is 0 Å². The molecule has 1 aromatic heterocycles. The summed E-state index contributed by atoms with van der Waals surface area (Å²) < 4.78 is 22.2. The summed E-state index contributed by atoms with van der Waals surface area (Å²) in [5, 5.41) is 2.02. The second-order valence-electron chi connectivity index (χ2n) is 7.36. The van der Waals surface area contributed by atoms with E-state index >= 15 is 0 Å². The van der Waals surface area contributed by atoms with Crippen LogP contribution in [0.25, 0.3) is 6.08 Å². The van der Waals surface area contributed by atoms with Gasteiger partial charge in [0.25, 0.3) is 0 Å². The van der Waals surface area contributed by atoms with E-state index in [1.54, 1.807) is 23.9 Å². The molecule has 0 bridgehead atoms. The maximum absolute atomic E-state index is 12.7. The van der Waals surface area contributed by atoms with Gasteiger partial charge in [-0.1, -0.05) is 55.6 Å². The van der Waals surface area contributed by atoms with Gasteiger partial charge in [-0.25, -0.2) is 0 Å². The van der Waals surface area contributed by atoms with Gasteiger partial charge in [-0.15, -0.1) is 26.7 Å². The number of benzene rings is 1. The molecule has 2 aromatic rings. The Bertz CT molecular complexity index is 959. The number of carbonyl (C=O) groups excluding carboxylic acids is 1. The fraction of sp³-hybridized carbons (Fsp3) is 0.360. The summed E-state index contributed by atoms with van der Waals surface area (Å²) in [6.07, 6.45) is 5.35. The van der Waals surface area contributed by atoms with Crippen molar-refractivity contribution in [2.24, 2.45) is 0 Å². The quantitative estimate of drug-likeness (QED) is 0.287. The fourth-order valence-electron chi connectivity index (χ4n) is 3.06. The van der Waals surface area contributed by atoms with Crippen molar-refractivity contribution < 1.29 is 23.7 Å². The average Bonchev–Trinajstić information content (AvgIpc) is 2.90. The number of rotatable bonds is 14. The molecule has 1 aromatic carbocycles. The van der Waals surface area contributed by atoms with Crippen molar-refractivity contribution >= 4 is 23.7 Å². The van der Waals surface area contributed by atoms with Gasteiger partial charge in [-0.3, -0.25) is 4.79 Å². The van der Waals surface area contributed by atoms with Crippen molar-refractivity contribution in [3.63, 3.8) is 0 Å². The number of carbonyl (C=O) groups is 1. The maximum atomic E-state index is 12.7. The minimum absolute atomic E-state index is 0.0479. The summed E-state index contributed by atoms with van der Waals surface area (Å²) in [5.74, 6) is 0.811. The number of amides is 1. The molecule has 0 N–H and O–H groups in total. The summed E-state index contributed by atoms with van der Waals surface area (Å²) in [4.78, 5) is 26.8. The van der Waals surface area contributed by atoms with Crippen LogP contribution in [-0.4, -0.2) is 77.1 Å². The van der Waals surface area contributed by atoms with Crippen LogP contribution < -0.4 is 14.2 Å². The van der Waals surface area contributed by atoms with Gasteiger partial charge >= 0.3 is 18.0 Å². The average molecular weight is 499 g/mol. The first-order valence-corrected chi connectivity index (χ1v) is 12.3. The first-order valence-electron chi connectivity index (χ1n) is 11.3. The maximum Gasteiger partial charge on any atom is 0.326 e. The second kappa shape index (κ2) is 14.8. The van der Waals surface area contributed by atoms with Gasteiger partial charge in [0.1, 0.15) is 25.9 Å². The monoisotopic (exact) mass is 498 g/mol. The lowest BCUT2D eigenvalue weighted by molar-refractivity contribution is -0.139. The Hall–Kier alpha value is -3.37. The van der Waals surface area contributed by atoms with Gasteiger partial charge in [0, 0.05) is 18.7 Å². The molecule has 0 radical (unpaired) electrons. The van der Waals surface area contributed by atoms with E-state index in [-0.39, 0.29) is 49.9 Å². The molecule has 0 spiro atoms. The highest BCUT2D eigenvalue weighted by atomic mass is 32.2. The van der Waals surface area contributed by atoms with Gasteiger partial charge < -0.3 is 23.8 Å². The Morgan fingerprint density at radius 2 is 1.71 bits per heavy atom. The third-order valence-electron chi connectivity index (χ3n) is 4.71. The van der Waals surface area contributed by atoms with E-state index in [1.807, 2.05) is 46.7 Å². The molecule has 35 heavy (non-hydrogen) atoms. The Balaban J connectivity index is 1.45. The molecule has 10 heteroatoms. The number of morpholine rings is 1. The van der Waals surface area contributed by atoms with E-state index in [0.717, 1.165) is 5.56 Å². The molecular weight excluding hydrogens is 468 g/mol. The Morgan fingerprint density at radius 1 is 1.06 bits per heavy atom. The minimum atomic E-state index is -0.301. The third-order valence-corrected chi connectivity index (χ3v) is 5.48. The van der Waals surface area contributed by atoms with Crippen LogP contribution in [0, 0.1) is 0 Å². The highest BCUT2D eigenvalue weighted by Gasteiger charge is 2.25. The van der Waals surface area contributed by atoms with Crippen LogP contribution in [0.5, 0.6) is 18.0 Å². The van der Waals surface area contributed by atoms with Gasteiger partial charge in [0.15, 0.2) is 0 Å². The predicted molar refractivity (Wildman–Crippen MR) is 136 cm³/mol. The van der Waals surface area contributed by atoms with Crippen LogP contribution in [0.4, 0.5) is 0 Å². The SMILES string of the molecule is C=CCOc1nc(OCC=C)nc(OCC2CN(C(=O)CCS/C=C\c3ccccc3)CCO2)n1. The first kappa shape index (κ1) is 26.2. The molecule has 2 heterocycles. The lowest BCUT2D eigenvalue weighted by Gasteiger charge is -2.32. The Morgan fingerprint density at radius 3 is 2.37 bits per heavy atom. The number of hydrogen-bond donors (Lipinski definition) is 0. The Kier molecular flexibility index (Phi) is 11.1. The zero-order valence-corrected chi connectivity index (χ0v) is 20.4. The van der Waals surface area contributed by atoms with E-state index < -0.39 is 0 Å². The topological polar surface area (TPSA) is 95.9 Å². The molecule has 1 aliphatic heterocycles. The van der Waals surface area contributed by atoms with Crippen molar-refractivity contribution in [3.8, 4) is 18.0 Å². The molecule has 1 atom stereocenters. The number of aromatic nitrogens is 3. The lowest BCUT2D eigenvalue weighted by Crippen LogP contribution is -2.47. The Labute approximate surface area is 209 Å².